The Balaban J connectivity index is 0.000000829. The van der Waals surface area contributed by atoms with Gasteiger partial charge in [-0.1, -0.05) is 34.6 Å². The van der Waals surface area contributed by atoms with E-state index in [0.717, 1.165) is 31.8 Å². The second-order valence-corrected chi connectivity index (χ2v) is 5.01. The first-order valence-corrected chi connectivity index (χ1v) is 8.39. The van der Waals surface area contributed by atoms with Crippen molar-refractivity contribution >= 4 is 6.03 Å². The molecule has 2 aliphatic rings. The van der Waals surface area contributed by atoms with Gasteiger partial charge in [0, 0.05) is 19.1 Å². The van der Waals surface area contributed by atoms with Gasteiger partial charge in [-0.2, -0.15) is 0 Å². The molecule has 4 nitrogen and oxygen atoms in total. The van der Waals surface area contributed by atoms with Crippen molar-refractivity contribution in [3.63, 3.8) is 0 Å². The maximum absolute atomic E-state index is 11.9. The zero-order chi connectivity index (χ0) is 15.4. The van der Waals surface area contributed by atoms with Crippen molar-refractivity contribution in [3.05, 3.63) is 0 Å². The summed E-state index contributed by atoms with van der Waals surface area (Å²) in [7, 11) is 0. The number of hydrogen-bond acceptors (Lipinski definition) is 2. The molecule has 0 aromatic heterocycles. The van der Waals surface area contributed by atoms with Gasteiger partial charge in [-0.15, -0.1) is 0 Å². The summed E-state index contributed by atoms with van der Waals surface area (Å²) in [6, 6.07) is 0.495. The number of urea groups is 1. The van der Waals surface area contributed by atoms with Crippen molar-refractivity contribution in [1.82, 2.24) is 10.2 Å². The topological polar surface area (TPSA) is 41.6 Å². The monoisotopic (exact) mass is 286 g/mol. The van der Waals surface area contributed by atoms with E-state index in [1.807, 2.05) is 32.6 Å². The van der Waals surface area contributed by atoms with E-state index >= 15 is 0 Å². The van der Waals surface area contributed by atoms with Gasteiger partial charge in [0.25, 0.3) is 0 Å². The highest BCUT2D eigenvalue weighted by atomic mass is 16.5. The lowest BCUT2D eigenvalue weighted by atomic mass is 9.87. The number of amides is 2. The quantitative estimate of drug-likeness (QED) is 0.799. The van der Waals surface area contributed by atoms with Gasteiger partial charge in [0.15, 0.2) is 0 Å². The van der Waals surface area contributed by atoms with E-state index in [-0.39, 0.29) is 6.03 Å². The van der Waals surface area contributed by atoms with Gasteiger partial charge in [-0.05, 0) is 31.6 Å². The number of ether oxygens (including phenoxy) is 1. The van der Waals surface area contributed by atoms with Crippen molar-refractivity contribution in [1.29, 1.82) is 0 Å². The fourth-order valence-electron chi connectivity index (χ4n) is 2.44. The summed E-state index contributed by atoms with van der Waals surface area (Å²) in [5.74, 6) is 0.830. The van der Waals surface area contributed by atoms with Crippen LogP contribution in [-0.4, -0.2) is 43.3 Å². The Hall–Kier alpha value is -0.770. The summed E-state index contributed by atoms with van der Waals surface area (Å²) in [5, 5.41) is 3.14. The van der Waals surface area contributed by atoms with E-state index in [1.54, 1.807) is 0 Å². The molecular weight excluding hydrogens is 252 g/mol. The number of carbonyl (C=O) groups excluding carboxylic acids is 1. The van der Waals surface area contributed by atoms with E-state index < -0.39 is 0 Å². The molecule has 1 aliphatic heterocycles. The van der Waals surface area contributed by atoms with Crippen LogP contribution in [-0.2, 0) is 4.74 Å². The molecule has 0 bridgehead atoms. The van der Waals surface area contributed by atoms with Crippen molar-refractivity contribution in [2.75, 3.05) is 26.3 Å². The summed E-state index contributed by atoms with van der Waals surface area (Å²) >= 11 is 0. The van der Waals surface area contributed by atoms with Crippen LogP contribution in [0.1, 0.15) is 60.3 Å². The minimum atomic E-state index is 0.0999. The normalized spacial score (nSPS) is 25.6. The molecule has 0 aromatic carbocycles. The molecule has 0 atom stereocenters. The summed E-state index contributed by atoms with van der Waals surface area (Å²) in [5.41, 5.74) is 0. The van der Waals surface area contributed by atoms with Gasteiger partial charge >= 0.3 is 6.03 Å². The lowest BCUT2D eigenvalue weighted by Crippen LogP contribution is -2.49. The van der Waals surface area contributed by atoms with Crippen molar-refractivity contribution < 1.29 is 9.53 Å². The van der Waals surface area contributed by atoms with E-state index in [0.29, 0.717) is 19.3 Å². The molecule has 0 aromatic rings. The molecule has 1 saturated carbocycles. The van der Waals surface area contributed by atoms with Gasteiger partial charge in [-0.25, -0.2) is 4.79 Å². The summed E-state index contributed by atoms with van der Waals surface area (Å²) < 4.78 is 5.23. The number of nitrogens with one attached hydrogen (secondary N) is 1. The Morgan fingerprint density at radius 2 is 1.50 bits per heavy atom. The van der Waals surface area contributed by atoms with Crippen molar-refractivity contribution in [2.24, 2.45) is 5.92 Å². The highest BCUT2D eigenvalue weighted by Crippen LogP contribution is 2.23. The van der Waals surface area contributed by atoms with Crippen molar-refractivity contribution in [2.45, 2.75) is 66.3 Å². The zero-order valence-corrected chi connectivity index (χ0v) is 14.1. The first-order valence-electron chi connectivity index (χ1n) is 8.39. The van der Waals surface area contributed by atoms with Crippen LogP contribution in [0.15, 0.2) is 0 Å². The summed E-state index contributed by atoms with van der Waals surface area (Å²) in [4.78, 5) is 13.8. The molecule has 1 N–H and O–H groups in total. The van der Waals surface area contributed by atoms with Crippen LogP contribution in [0.25, 0.3) is 0 Å². The van der Waals surface area contributed by atoms with E-state index in [9.17, 15) is 4.79 Å². The predicted molar refractivity (Wildman–Crippen MR) is 85.0 cm³/mol. The van der Waals surface area contributed by atoms with Gasteiger partial charge in [0.05, 0.1) is 13.2 Å². The predicted octanol–water partition coefficient (Wildman–Crippen LogP) is 3.66. The number of carbonyl (C=O) groups is 1. The van der Waals surface area contributed by atoms with Crippen LogP contribution >= 0.6 is 0 Å². The lowest BCUT2D eigenvalue weighted by Gasteiger charge is -2.31. The summed E-state index contributed by atoms with van der Waals surface area (Å²) in [6.45, 7) is 13.1. The van der Waals surface area contributed by atoms with Gasteiger partial charge in [0.2, 0.25) is 0 Å². The Morgan fingerprint density at radius 3 is 2.00 bits per heavy atom. The molecule has 20 heavy (non-hydrogen) atoms. The average Bonchev–Trinajstić information content (AvgIpc) is 2.54. The van der Waals surface area contributed by atoms with Gasteiger partial charge in [0.1, 0.15) is 0 Å². The number of morpholine rings is 1. The number of hydrogen-bond donors (Lipinski definition) is 1. The van der Waals surface area contributed by atoms with Gasteiger partial charge in [-0.3, -0.25) is 0 Å². The van der Waals surface area contributed by atoms with E-state index in [1.165, 1.54) is 12.8 Å². The van der Waals surface area contributed by atoms with Crippen LogP contribution < -0.4 is 5.32 Å². The largest absolute Gasteiger partial charge is 0.378 e. The molecule has 2 fully saturated rings. The molecule has 2 rings (SSSR count). The fourth-order valence-corrected chi connectivity index (χ4v) is 2.44. The smallest absolute Gasteiger partial charge is 0.317 e. The van der Waals surface area contributed by atoms with E-state index in [4.69, 9.17) is 4.74 Å². The lowest BCUT2D eigenvalue weighted by molar-refractivity contribution is 0.0520. The van der Waals surface area contributed by atoms with Crippen LogP contribution in [0.3, 0.4) is 0 Å². The highest BCUT2D eigenvalue weighted by molar-refractivity contribution is 5.74. The van der Waals surface area contributed by atoms with Crippen LogP contribution in [0.5, 0.6) is 0 Å². The molecule has 1 aliphatic carbocycles. The Morgan fingerprint density at radius 1 is 1.00 bits per heavy atom. The standard InChI is InChI=1S/C12H22N2O2.2C2H6/c1-10-2-4-11(5-3-10)13-12(15)14-6-8-16-9-7-14;2*1-2/h10-11H,2-9H2,1H3,(H,13,15);2*1-2H3. The Kier molecular flexibility index (Phi) is 11.5. The SMILES string of the molecule is CC.CC.CC1CCC(NC(=O)N2CCOCC2)CC1. The first-order chi connectivity index (χ1) is 9.75. The second kappa shape index (κ2) is 12.0. The molecule has 0 radical (unpaired) electrons. The Bertz CT molecular complexity index is 233. The van der Waals surface area contributed by atoms with Crippen LogP contribution in [0, 0.1) is 5.92 Å². The maximum atomic E-state index is 11.9. The number of nitrogens with zero attached hydrogens (tertiary/aromatic N) is 1. The molecular formula is C16H34N2O2. The minimum absolute atomic E-state index is 0.0999. The maximum Gasteiger partial charge on any atom is 0.317 e. The molecule has 0 unspecified atom stereocenters. The highest BCUT2D eigenvalue weighted by Gasteiger charge is 2.23. The average molecular weight is 286 g/mol. The first kappa shape index (κ1) is 19.2. The molecule has 0 spiro atoms. The zero-order valence-electron chi connectivity index (χ0n) is 14.1. The molecule has 2 amide bonds. The van der Waals surface area contributed by atoms with Crippen molar-refractivity contribution in [3.8, 4) is 0 Å². The Labute approximate surface area is 125 Å². The number of rotatable bonds is 1. The fraction of sp³-hybridized carbons (Fsp3) is 0.938. The molecule has 120 valence electrons. The minimum Gasteiger partial charge on any atom is -0.378 e. The third-order valence-electron chi connectivity index (χ3n) is 3.64. The third kappa shape index (κ3) is 7.13. The van der Waals surface area contributed by atoms with Gasteiger partial charge < -0.3 is 15.0 Å². The molecule has 4 heteroatoms. The van der Waals surface area contributed by atoms with Crippen LogP contribution in [0.4, 0.5) is 4.79 Å². The molecule has 1 heterocycles. The van der Waals surface area contributed by atoms with Crippen LogP contribution in [0.2, 0.25) is 0 Å². The third-order valence-corrected chi connectivity index (χ3v) is 3.64. The second-order valence-electron chi connectivity index (χ2n) is 5.01. The summed E-state index contributed by atoms with van der Waals surface area (Å²) in [6.07, 6.45) is 4.76. The van der Waals surface area contributed by atoms with E-state index in [2.05, 4.69) is 12.2 Å². The molecule has 1 saturated heterocycles.